The highest BCUT2D eigenvalue weighted by Gasteiger charge is 2.38. The van der Waals surface area contributed by atoms with Crippen LogP contribution in [0.5, 0.6) is 0 Å². The zero-order valence-corrected chi connectivity index (χ0v) is 22.0. The molecule has 0 aliphatic carbocycles. The van der Waals surface area contributed by atoms with Crippen LogP contribution in [0.15, 0.2) is 65.7 Å². The van der Waals surface area contributed by atoms with Gasteiger partial charge in [0.2, 0.25) is 16.0 Å². The Kier molecular flexibility index (Phi) is 7.89. The smallest absolute Gasteiger partial charge is 0.243 e. The number of benzene rings is 2. The summed E-state index contributed by atoms with van der Waals surface area (Å²) in [7, 11) is -3.67. The van der Waals surface area contributed by atoms with E-state index in [0.29, 0.717) is 55.6 Å². The molecule has 0 unspecified atom stereocenters. The number of hydrogen-bond donors (Lipinski definition) is 3. The van der Waals surface area contributed by atoms with E-state index in [1.54, 1.807) is 48.7 Å². The van der Waals surface area contributed by atoms with E-state index in [4.69, 9.17) is 0 Å². The van der Waals surface area contributed by atoms with Crippen LogP contribution in [0, 0.1) is 5.82 Å². The maximum atomic E-state index is 13.3. The monoisotopic (exact) mass is 540 g/mol. The molecular formula is C27H33FN6O3S. The maximum Gasteiger partial charge on any atom is 0.243 e. The Balaban J connectivity index is 1.18. The fourth-order valence-electron chi connectivity index (χ4n) is 4.99. The number of likely N-dealkylation sites (tertiary alicyclic amines) is 1. The van der Waals surface area contributed by atoms with Gasteiger partial charge < -0.3 is 20.6 Å². The average molecular weight is 541 g/mol. The van der Waals surface area contributed by atoms with E-state index in [2.05, 4.69) is 25.5 Å². The van der Waals surface area contributed by atoms with E-state index in [1.165, 1.54) is 22.9 Å². The summed E-state index contributed by atoms with van der Waals surface area (Å²) in [4.78, 5) is 11.1. The van der Waals surface area contributed by atoms with E-state index >= 15 is 0 Å². The predicted molar refractivity (Wildman–Crippen MR) is 145 cm³/mol. The zero-order chi connectivity index (χ0) is 26.6. The van der Waals surface area contributed by atoms with Gasteiger partial charge in [-0.15, -0.1) is 0 Å². The van der Waals surface area contributed by atoms with Crippen LogP contribution in [-0.2, 0) is 10.0 Å². The van der Waals surface area contributed by atoms with E-state index in [-0.39, 0.29) is 10.7 Å². The molecule has 11 heteroatoms. The van der Waals surface area contributed by atoms with E-state index in [9.17, 15) is 17.9 Å². The van der Waals surface area contributed by atoms with Crippen molar-refractivity contribution >= 4 is 33.2 Å². The molecule has 2 aromatic carbocycles. The first-order valence-corrected chi connectivity index (χ1v) is 14.4. The van der Waals surface area contributed by atoms with Crippen LogP contribution in [-0.4, -0.2) is 71.0 Å². The van der Waals surface area contributed by atoms with Crippen LogP contribution in [0.1, 0.15) is 32.1 Å². The minimum absolute atomic E-state index is 0.206. The minimum Gasteiger partial charge on any atom is -0.388 e. The lowest BCUT2D eigenvalue weighted by Gasteiger charge is -2.41. The van der Waals surface area contributed by atoms with Crippen molar-refractivity contribution in [2.45, 2.75) is 42.6 Å². The van der Waals surface area contributed by atoms with Gasteiger partial charge in [-0.1, -0.05) is 6.42 Å². The van der Waals surface area contributed by atoms with Gasteiger partial charge in [-0.05, 0) is 93.4 Å². The Morgan fingerprint density at radius 3 is 2.18 bits per heavy atom. The molecule has 0 saturated carbocycles. The Labute approximate surface area is 222 Å². The quantitative estimate of drug-likeness (QED) is 0.392. The van der Waals surface area contributed by atoms with Gasteiger partial charge in [0.1, 0.15) is 11.6 Å². The molecule has 3 heterocycles. The van der Waals surface area contributed by atoms with Crippen molar-refractivity contribution in [2.24, 2.45) is 0 Å². The van der Waals surface area contributed by atoms with Crippen molar-refractivity contribution in [3.05, 3.63) is 66.6 Å². The highest BCUT2D eigenvalue weighted by Crippen LogP contribution is 2.29. The fraction of sp³-hybridized carbons (Fsp3) is 0.407. The third kappa shape index (κ3) is 6.47. The van der Waals surface area contributed by atoms with Crippen molar-refractivity contribution in [3.8, 4) is 0 Å². The Hall–Kier alpha value is -3.12. The summed E-state index contributed by atoms with van der Waals surface area (Å²) < 4.78 is 41.1. The molecule has 0 atom stereocenters. The zero-order valence-electron chi connectivity index (χ0n) is 21.2. The van der Waals surface area contributed by atoms with Gasteiger partial charge in [0.25, 0.3) is 0 Å². The number of anilines is 4. The number of sulfonamides is 1. The van der Waals surface area contributed by atoms with Crippen molar-refractivity contribution in [3.63, 3.8) is 0 Å². The molecule has 2 fully saturated rings. The molecule has 9 nitrogen and oxygen atoms in total. The van der Waals surface area contributed by atoms with Crippen molar-refractivity contribution in [2.75, 3.05) is 43.4 Å². The molecule has 202 valence electrons. The number of piperidine rings is 2. The standard InChI is InChI=1S/C27H33FN6O3S/c28-21-4-6-22(7-5-21)30-25-12-15-29-26(32-25)31-23-8-10-24(11-9-23)38(36,37)34-18-13-27(35,14-19-34)20-33-16-2-1-3-17-33/h4-12,15,35H,1-3,13-14,16-20H2,(H2,29,30,31,32). The van der Waals surface area contributed by atoms with Crippen LogP contribution >= 0.6 is 0 Å². The second-order valence-corrected chi connectivity index (χ2v) is 11.9. The number of β-amino-alcohol motifs (C(OH)–C–C–N with tert-alkyl or cyclic N) is 1. The van der Waals surface area contributed by atoms with Crippen LogP contribution < -0.4 is 10.6 Å². The molecule has 2 aliphatic rings. The predicted octanol–water partition coefficient (Wildman–Crippen LogP) is 4.10. The van der Waals surface area contributed by atoms with Gasteiger partial charge in [0.05, 0.1) is 10.5 Å². The van der Waals surface area contributed by atoms with E-state index < -0.39 is 15.6 Å². The second-order valence-electron chi connectivity index (χ2n) is 10.0. The molecule has 2 aliphatic heterocycles. The first-order valence-electron chi connectivity index (χ1n) is 13.0. The molecule has 3 aromatic rings. The third-order valence-electron chi connectivity index (χ3n) is 7.14. The van der Waals surface area contributed by atoms with Crippen LogP contribution in [0.3, 0.4) is 0 Å². The topological polar surface area (TPSA) is 111 Å². The number of aromatic nitrogens is 2. The molecule has 0 amide bonds. The normalized spacial score (nSPS) is 18.7. The van der Waals surface area contributed by atoms with Gasteiger partial charge in [-0.3, -0.25) is 0 Å². The summed E-state index contributed by atoms with van der Waals surface area (Å²) >= 11 is 0. The Morgan fingerprint density at radius 1 is 0.868 bits per heavy atom. The van der Waals surface area contributed by atoms with Gasteiger partial charge in [-0.25, -0.2) is 17.8 Å². The van der Waals surface area contributed by atoms with Crippen LogP contribution in [0.25, 0.3) is 0 Å². The molecule has 38 heavy (non-hydrogen) atoms. The minimum atomic E-state index is -3.67. The molecule has 3 N–H and O–H groups in total. The molecule has 0 radical (unpaired) electrons. The Bertz CT molecular complexity index is 1320. The third-order valence-corrected chi connectivity index (χ3v) is 9.05. The largest absolute Gasteiger partial charge is 0.388 e. The average Bonchev–Trinajstić information content (AvgIpc) is 2.91. The molecule has 0 bridgehead atoms. The number of hydrogen-bond acceptors (Lipinski definition) is 8. The molecule has 2 saturated heterocycles. The van der Waals surface area contributed by atoms with Crippen LogP contribution in [0.4, 0.5) is 27.5 Å². The number of aliphatic hydroxyl groups is 1. The Morgan fingerprint density at radius 2 is 1.50 bits per heavy atom. The SMILES string of the molecule is O=S(=O)(c1ccc(Nc2nccc(Nc3ccc(F)cc3)n2)cc1)N1CCC(O)(CN2CCCCC2)CC1. The van der Waals surface area contributed by atoms with Crippen molar-refractivity contribution in [1.82, 2.24) is 19.2 Å². The van der Waals surface area contributed by atoms with Gasteiger partial charge in [0.15, 0.2) is 0 Å². The lowest BCUT2D eigenvalue weighted by molar-refractivity contribution is -0.0360. The first kappa shape index (κ1) is 26.5. The molecule has 0 spiro atoms. The van der Waals surface area contributed by atoms with Crippen molar-refractivity contribution < 1.29 is 17.9 Å². The van der Waals surface area contributed by atoms with Gasteiger partial charge in [0, 0.05) is 37.2 Å². The van der Waals surface area contributed by atoms with Crippen LogP contribution in [0.2, 0.25) is 0 Å². The lowest BCUT2D eigenvalue weighted by atomic mass is 9.91. The molecule has 1 aromatic heterocycles. The van der Waals surface area contributed by atoms with Gasteiger partial charge in [-0.2, -0.15) is 9.29 Å². The van der Waals surface area contributed by atoms with Crippen molar-refractivity contribution in [1.29, 1.82) is 0 Å². The van der Waals surface area contributed by atoms with E-state index in [0.717, 1.165) is 25.9 Å². The summed E-state index contributed by atoms with van der Waals surface area (Å²) in [6, 6.07) is 14.1. The number of halogens is 1. The fourth-order valence-corrected chi connectivity index (χ4v) is 6.43. The summed E-state index contributed by atoms with van der Waals surface area (Å²) in [6.45, 7) is 3.22. The summed E-state index contributed by atoms with van der Waals surface area (Å²) in [5.41, 5.74) is 0.489. The molecule has 5 rings (SSSR count). The van der Waals surface area contributed by atoms with E-state index in [1.807, 2.05) is 0 Å². The first-order chi connectivity index (χ1) is 18.3. The summed E-state index contributed by atoms with van der Waals surface area (Å²) in [5, 5.41) is 17.2. The lowest BCUT2D eigenvalue weighted by Crippen LogP contribution is -2.52. The number of nitrogens with zero attached hydrogens (tertiary/aromatic N) is 4. The van der Waals surface area contributed by atoms with Gasteiger partial charge >= 0.3 is 0 Å². The highest BCUT2D eigenvalue weighted by molar-refractivity contribution is 7.89. The summed E-state index contributed by atoms with van der Waals surface area (Å²) in [5.74, 6) is 0.538. The number of nitrogens with one attached hydrogen (secondary N) is 2. The second kappa shape index (κ2) is 11.3. The maximum absolute atomic E-state index is 13.3. The molecular weight excluding hydrogens is 507 g/mol. The summed E-state index contributed by atoms with van der Waals surface area (Å²) in [6.07, 6.45) is 6.01. The highest BCUT2D eigenvalue weighted by atomic mass is 32.2. The number of rotatable bonds is 8.